The third-order valence-corrected chi connectivity index (χ3v) is 12.1. The summed E-state index contributed by atoms with van der Waals surface area (Å²) in [7, 11) is -1.67. The van der Waals surface area contributed by atoms with Gasteiger partial charge in [0.2, 0.25) is 0 Å². The lowest BCUT2D eigenvalue weighted by Crippen LogP contribution is -2.63. The second-order valence-electron chi connectivity index (χ2n) is 13.8. The molecule has 0 amide bonds. The molecule has 0 aromatic carbocycles. The van der Waals surface area contributed by atoms with Crippen LogP contribution in [0.1, 0.15) is 85.5 Å². The number of rotatable bonds is 6. The van der Waals surface area contributed by atoms with E-state index in [9.17, 15) is 5.11 Å². The van der Waals surface area contributed by atoms with Crippen molar-refractivity contribution in [3.63, 3.8) is 0 Å². The maximum absolute atomic E-state index is 10.7. The summed E-state index contributed by atoms with van der Waals surface area (Å²) < 4.78 is 7.22. The first-order chi connectivity index (χ1) is 15.0. The number of aliphatic hydroxyl groups excluding tert-OH is 1. The fourth-order valence-corrected chi connectivity index (χ4v) is 11.0. The molecule has 0 radical (unpaired) electrons. The van der Waals surface area contributed by atoms with Crippen LogP contribution < -0.4 is 0 Å². The Hall–Kier alpha value is -0.123. The van der Waals surface area contributed by atoms with Crippen LogP contribution in [0.4, 0.5) is 0 Å². The van der Waals surface area contributed by atoms with Gasteiger partial charge in [-0.2, -0.15) is 0 Å². The molecule has 0 saturated heterocycles. The average molecular weight is 461 g/mol. The molecule has 0 aromatic heterocycles. The molecule has 11 atom stereocenters. The van der Waals surface area contributed by atoms with E-state index in [1.807, 2.05) is 0 Å². The highest BCUT2D eigenvalue weighted by atomic mass is 28.4. The Labute approximate surface area is 200 Å². The highest BCUT2D eigenvalue weighted by Gasteiger charge is 2.65. The molecule has 4 fully saturated rings. The Bertz CT molecular complexity index is 685. The van der Waals surface area contributed by atoms with Gasteiger partial charge in [0.1, 0.15) is 0 Å². The molecule has 4 aliphatic carbocycles. The lowest BCUT2D eigenvalue weighted by Gasteiger charge is -2.66. The number of hydrogen-bond donors (Lipinski definition) is 1. The van der Waals surface area contributed by atoms with Crippen LogP contribution in [0.25, 0.3) is 0 Å². The SMILES string of the molecule is C=CC[C@@H](C)[C@H]1CCC2[C@@H]3C(CCC21C)[C@]1(C)CC[C@@H](O)CC1[C@@H](CC)[C@H]3O[Si](C)(C)C. The van der Waals surface area contributed by atoms with Gasteiger partial charge in [0.25, 0.3) is 0 Å². The van der Waals surface area contributed by atoms with E-state index in [0.29, 0.717) is 34.7 Å². The summed E-state index contributed by atoms with van der Waals surface area (Å²) in [5, 5.41) is 10.7. The zero-order chi connectivity index (χ0) is 23.5. The molecule has 4 rings (SSSR count). The highest BCUT2D eigenvalue weighted by Crippen LogP contribution is 2.70. The van der Waals surface area contributed by atoms with Crippen LogP contribution in [0, 0.1) is 52.3 Å². The minimum absolute atomic E-state index is 0.101. The normalized spacial score (nSPS) is 49.6. The zero-order valence-corrected chi connectivity index (χ0v) is 23.2. The minimum Gasteiger partial charge on any atom is -0.414 e. The number of allylic oxidation sites excluding steroid dienone is 1. The van der Waals surface area contributed by atoms with Crippen LogP contribution in [0.5, 0.6) is 0 Å². The summed E-state index contributed by atoms with van der Waals surface area (Å²) in [5.41, 5.74) is 0.844. The molecular weight excluding hydrogens is 408 g/mol. The topological polar surface area (TPSA) is 29.5 Å². The van der Waals surface area contributed by atoms with Crippen LogP contribution in [-0.4, -0.2) is 25.6 Å². The van der Waals surface area contributed by atoms with E-state index in [1.165, 1.54) is 38.5 Å². The number of aliphatic hydroxyl groups is 1. The summed E-state index contributed by atoms with van der Waals surface area (Å²) in [6, 6.07) is 0. The first-order valence-electron chi connectivity index (χ1n) is 13.9. The van der Waals surface area contributed by atoms with Crippen molar-refractivity contribution in [1.29, 1.82) is 0 Å². The highest BCUT2D eigenvalue weighted by molar-refractivity contribution is 6.69. The molecule has 4 saturated carbocycles. The molecular formula is C29H52O2Si. The van der Waals surface area contributed by atoms with Crippen LogP contribution in [0.15, 0.2) is 12.7 Å². The molecule has 184 valence electrons. The lowest BCUT2D eigenvalue weighted by atomic mass is 9.41. The Morgan fingerprint density at radius 1 is 1.03 bits per heavy atom. The van der Waals surface area contributed by atoms with E-state index in [2.05, 4.69) is 60.0 Å². The molecule has 0 heterocycles. The van der Waals surface area contributed by atoms with Gasteiger partial charge in [0.05, 0.1) is 12.2 Å². The van der Waals surface area contributed by atoms with Gasteiger partial charge < -0.3 is 9.53 Å². The van der Waals surface area contributed by atoms with Gasteiger partial charge in [-0.1, -0.05) is 40.2 Å². The Kier molecular flexibility index (Phi) is 6.89. The van der Waals surface area contributed by atoms with E-state index >= 15 is 0 Å². The van der Waals surface area contributed by atoms with Crippen LogP contribution >= 0.6 is 0 Å². The number of hydrogen-bond acceptors (Lipinski definition) is 2. The van der Waals surface area contributed by atoms with Crippen LogP contribution in [0.2, 0.25) is 19.6 Å². The molecule has 32 heavy (non-hydrogen) atoms. The van der Waals surface area contributed by atoms with Gasteiger partial charge in [-0.25, -0.2) is 0 Å². The van der Waals surface area contributed by atoms with E-state index in [1.54, 1.807) is 0 Å². The zero-order valence-electron chi connectivity index (χ0n) is 22.2. The summed E-state index contributed by atoms with van der Waals surface area (Å²) in [5.74, 6) is 5.10. The van der Waals surface area contributed by atoms with Crippen LogP contribution in [-0.2, 0) is 4.43 Å². The predicted octanol–water partition coefficient (Wildman–Crippen LogP) is 7.68. The van der Waals surface area contributed by atoms with Crippen LogP contribution in [0.3, 0.4) is 0 Å². The summed E-state index contributed by atoms with van der Waals surface area (Å²) in [4.78, 5) is 0. The minimum atomic E-state index is -1.67. The maximum Gasteiger partial charge on any atom is 0.184 e. The van der Waals surface area contributed by atoms with E-state index < -0.39 is 8.32 Å². The largest absolute Gasteiger partial charge is 0.414 e. The van der Waals surface area contributed by atoms with Crippen molar-refractivity contribution in [3.05, 3.63) is 12.7 Å². The monoisotopic (exact) mass is 460 g/mol. The molecule has 0 bridgehead atoms. The fourth-order valence-electron chi connectivity index (χ4n) is 9.90. The molecule has 1 N–H and O–H groups in total. The van der Waals surface area contributed by atoms with Crippen molar-refractivity contribution in [2.75, 3.05) is 0 Å². The van der Waals surface area contributed by atoms with Gasteiger partial charge in [-0.15, -0.1) is 6.58 Å². The maximum atomic E-state index is 10.7. The van der Waals surface area contributed by atoms with Crippen molar-refractivity contribution >= 4 is 8.32 Å². The number of fused-ring (bicyclic) bond motifs is 5. The third kappa shape index (κ3) is 4.00. The molecule has 0 aromatic rings. The predicted molar refractivity (Wildman–Crippen MR) is 138 cm³/mol. The van der Waals surface area contributed by atoms with Gasteiger partial charge in [-0.3, -0.25) is 0 Å². The fraction of sp³-hybridized carbons (Fsp3) is 0.931. The molecule has 3 heteroatoms. The summed E-state index contributed by atoms with van der Waals surface area (Å²) in [6.07, 6.45) is 13.6. The van der Waals surface area contributed by atoms with Crippen molar-refractivity contribution < 1.29 is 9.53 Å². The molecule has 0 spiro atoms. The van der Waals surface area contributed by atoms with E-state index in [-0.39, 0.29) is 6.10 Å². The smallest absolute Gasteiger partial charge is 0.184 e. The van der Waals surface area contributed by atoms with Crippen molar-refractivity contribution in [2.45, 2.75) is 117 Å². The van der Waals surface area contributed by atoms with Gasteiger partial charge in [-0.05, 0) is 123 Å². The molecule has 0 aliphatic heterocycles. The average Bonchev–Trinajstić information content (AvgIpc) is 3.05. The van der Waals surface area contributed by atoms with Crippen molar-refractivity contribution in [1.82, 2.24) is 0 Å². The Balaban J connectivity index is 1.75. The summed E-state index contributed by atoms with van der Waals surface area (Å²) >= 11 is 0. The first kappa shape index (κ1) is 25.0. The van der Waals surface area contributed by atoms with Gasteiger partial charge in [0, 0.05) is 0 Å². The van der Waals surface area contributed by atoms with Crippen molar-refractivity contribution in [2.24, 2.45) is 52.3 Å². The molecule has 2 nitrogen and oxygen atoms in total. The van der Waals surface area contributed by atoms with Gasteiger partial charge in [0.15, 0.2) is 8.32 Å². The molecule has 4 unspecified atom stereocenters. The first-order valence-corrected chi connectivity index (χ1v) is 17.3. The standard InChI is InChI=1S/C29H52O2Si/c1-9-11-19(3)22-12-13-23-26-24(15-17-28(22,23)4)29(5)16-14-20(30)18-25(29)21(10-2)27(26)31-32(6,7)8/h9,19-27,30H,1,10-18H2,2-8H3/t19-,20-,21-,22-,23?,24?,25?,26-,27-,28?,29+/m1/s1. The van der Waals surface area contributed by atoms with E-state index in [4.69, 9.17) is 4.43 Å². The third-order valence-electron chi connectivity index (χ3n) is 11.1. The van der Waals surface area contributed by atoms with Gasteiger partial charge >= 0.3 is 0 Å². The van der Waals surface area contributed by atoms with Crippen molar-refractivity contribution in [3.8, 4) is 0 Å². The lowest BCUT2D eigenvalue weighted by molar-refractivity contribution is -0.198. The quantitative estimate of drug-likeness (QED) is 0.325. The second kappa shape index (κ2) is 8.83. The Morgan fingerprint density at radius 3 is 2.31 bits per heavy atom. The van der Waals surface area contributed by atoms with E-state index in [0.717, 1.165) is 42.9 Å². The Morgan fingerprint density at radius 2 is 1.69 bits per heavy atom. The second-order valence-corrected chi connectivity index (χ2v) is 18.3. The summed E-state index contributed by atoms with van der Waals surface area (Å²) in [6.45, 7) is 21.4. The molecule has 4 aliphatic rings.